The Hall–Kier alpha value is -1.10. The van der Waals surface area contributed by atoms with Gasteiger partial charge in [-0.15, -0.1) is 0 Å². The number of hydrogen-bond donors (Lipinski definition) is 0. The van der Waals surface area contributed by atoms with Crippen LogP contribution in [-0.2, 0) is 0 Å². The lowest BCUT2D eigenvalue weighted by Crippen LogP contribution is -2.29. The van der Waals surface area contributed by atoms with E-state index in [4.69, 9.17) is 4.74 Å². The van der Waals surface area contributed by atoms with E-state index in [1.54, 1.807) is 19.1 Å². The summed E-state index contributed by atoms with van der Waals surface area (Å²) in [6.07, 6.45) is 2.06. The van der Waals surface area contributed by atoms with Gasteiger partial charge in [-0.1, -0.05) is 29.8 Å². The van der Waals surface area contributed by atoms with Crippen LogP contribution in [-0.4, -0.2) is 16.9 Å². The molecule has 0 aliphatic rings. The van der Waals surface area contributed by atoms with E-state index in [1.165, 1.54) is 0 Å². The Morgan fingerprint density at radius 1 is 1.25 bits per heavy atom. The summed E-state index contributed by atoms with van der Waals surface area (Å²) >= 11 is 3.56. The van der Waals surface area contributed by atoms with Crippen LogP contribution in [0.4, 0.5) is 5.69 Å². The van der Waals surface area contributed by atoms with Crippen molar-refractivity contribution in [3.8, 4) is 5.75 Å². The molecule has 0 bridgehead atoms. The second-order valence-corrected chi connectivity index (χ2v) is 5.85. The smallest absolute Gasteiger partial charge is 0.272 e. The summed E-state index contributed by atoms with van der Waals surface area (Å²) in [5.74, 6) is 0.736. The molecule has 0 aromatic heterocycles. The Kier molecular flexibility index (Phi) is 5.99. The monoisotopic (exact) mass is 343 g/mol. The molecule has 1 rings (SSSR count). The number of benzene rings is 1. The highest BCUT2D eigenvalue weighted by molar-refractivity contribution is 9.09. The van der Waals surface area contributed by atoms with E-state index in [0.29, 0.717) is 12.2 Å². The van der Waals surface area contributed by atoms with Gasteiger partial charge in [0.2, 0.25) is 0 Å². The molecule has 0 heterocycles. The van der Waals surface area contributed by atoms with Crippen molar-refractivity contribution >= 4 is 21.6 Å². The van der Waals surface area contributed by atoms with Gasteiger partial charge in [-0.25, -0.2) is 0 Å². The highest BCUT2D eigenvalue weighted by Crippen LogP contribution is 2.32. The van der Waals surface area contributed by atoms with Gasteiger partial charge in [-0.3, -0.25) is 10.1 Å². The van der Waals surface area contributed by atoms with Crippen LogP contribution in [0.1, 0.15) is 37.8 Å². The van der Waals surface area contributed by atoms with Crippen LogP contribution < -0.4 is 4.74 Å². The number of aryl methyl sites for hydroxylation is 2. The van der Waals surface area contributed by atoms with E-state index in [0.717, 1.165) is 29.5 Å². The molecule has 1 aromatic carbocycles. The van der Waals surface area contributed by atoms with Crippen molar-refractivity contribution < 1.29 is 9.66 Å². The molecule has 1 aromatic rings. The lowest BCUT2D eigenvalue weighted by Gasteiger charge is -2.29. The standard InChI is InChI=1S/C15H22BrNO3/c1-5-15(6-2,9-16)10-20-14-8-11(3)13(17(18)19)7-12(14)4/h7-8H,5-6,9-10H2,1-4H3. The molecule has 0 N–H and O–H groups in total. The van der Waals surface area contributed by atoms with Gasteiger partial charge in [0, 0.05) is 22.4 Å². The summed E-state index contributed by atoms with van der Waals surface area (Å²) in [4.78, 5) is 10.5. The average Bonchev–Trinajstić information content (AvgIpc) is 2.43. The van der Waals surface area contributed by atoms with Gasteiger partial charge in [0.15, 0.2) is 0 Å². The number of alkyl halides is 1. The first-order valence-corrected chi connectivity index (χ1v) is 7.95. The van der Waals surface area contributed by atoms with Crippen LogP contribution in [0.5, 0.6) is 5.75 Å². The molecule has 0 radical (unpaired) electrons. The van der Waals surface area contributed by atoms with Crippen LogP contribution in [0, 0.1) is 29.4 Å². The van der Waals surface area contributed by atoms with Gasteiger partial charge in [0.1, 0.15) is 5.75 Å². The molecule has 0 spiro atoms. The molecular formula is C15H22BrNO3. The SMILES string of the molecule is CCC(CC)(CBr)COc1cc(C)c([N+](=O)[O-])cc1C. The Bertz CT molecular complexity index is 476. The molecule has 0 unspecified atom stereocenters. The molecule has 112 valence electrons. The van der Waals surface area contributed by atoms with Crippen LogP contribution in [0.3, 0.4) is 0 Å². The first-order chi connectivity index (χ1) is 9.39. The van der Waals surface area contributed by atoms with Crippen molar-refractivity contribution in [1.29, 1.82) is 0 Å². The fourth-order valence-corrected chi connectivity index (χ4v) is 2.99. The normalized spacial score (nSPS) is 11.4. The fraction of sp³-hybridized carbons (Fsp3) is 0.600. The van der Waals surface area contributed by atoms with Crippen molar-refractivity contribution in [1.82, 2.24) is 0 Å². The maximum absolute atomic E-state index is 10.9. The first kappa shape index (κ1) is 17.0. The van der Waals surface area contributed by atoms with Crippen LogP contribution in [0.25, 0.3) is 0 Å². The molecule has 0 saturated carbocycles. The summed E-state index contributed by atoms with van der Waals surface area (Å²) in [7, 11) is 0. The van der Waals surface area contributed by atoms with E-state index in [9.17, 15) is 10.1 Å². The molecule has 20 heavy (non-hydrogen) atoms. The van der Waals surface area contributed by atoms with E-state index >= 15 is 0 Å². The predicted octanol–water partition coefficient (Wildman–Crippen LogP) is 4.79. The molecular weight excluding hydrogens is 322 g/mol. The zero-order valence-corrected chi connectivity index (χ0v) is 14.1. The average molecular weight is 344 g/mol. The topological polar surface area (TPSA) is 52.4 Å². The summed E-state index contributed by atoms with van der Waals surface area (Å²) in [5, 5.41) is 11.8. The second-order valence-electron chi connectivity index (χ2n) is 5.29. The number of hydrogen-bond acceptors (Lipinski definition) is 3. The van der Waals surface area contributed by atoms with Gasteiger partial charge in [-0.2, -0.15) is 0 Å². The molecule has 4 nitrogen and oxygen atoms in total. The van der Waals surface area contributed by atoms with E-state index < -0.39 is 0 Å². The second kappa shape index (κ2) is 7.07. The Balaban J connectivity index is 2.94. The largest absolute Gasteiger partial charge is 0.493 e. The van der Waals surface area contributed by atoms with Gasteiger partial charge < -0.3 is 4.74 Å². The molecule has 0 aliphatic carbocycles. The minimum absolute atomic E-state index is 0.113. The van der Waals surface area contributed by atoms with Gasteiger partial charge in [0.05, 0.1) is 11.5 Å². The molecule has 0 aliphatic heterocycles. The highest BCUT2D eigenvalue weighted by Gasteiger charge is 2.26. The first-order valence-electron chi connectivity index (χ1n) is 6.83. The van der Waals surface area contributed by atoms with Crippen LogP contribution >= 0.6 is 15.9 Å². The lowest BCUT2D eigenvalue weighted by molar-refractivity contribution is -0.385. The Morgan fingerprint density at radius 2 is 1.85 bits per heavy atom. The van der Waals surface area contributed by atoms with Crippen molar-refractivity contribution in [2.45, 2.75) is 40.5 Å². The van der Waals surface area contributed by atoms with Gasteiger partial charge in [0.25, 0.3) is 5.69 Å². The van der Waals surface area contributed by atoms with Crippen molar-refractivity contribution in [2.75, 3.05) is 11.9 Å². The number of nitrogens with zero attached hydrogens (tertiary/aromatic N) is 1. The molecule has 5 heteroatoms. The maximum Gasteiger partial charge on any atom is 0.272 e. The van der Waals surface area contributed by atoms with Gasteiger partial charge in [-0.05, 0) is 38.3 Å². The predicted molar refractivity (Wildman–Crippen MR) is 84.9 cm³/mol. The van der Waals surface area contributed by atoms with Crippen molar-refractivity contribution in [2.24, 2.45) is 5.41 Å². The number of halogens is 1. The number of nitro benzene ring substituents is 1. The zero-order valence-electron chi connectivity index (χ0n) is 12.5. The third-order valence-corrected chi connectivity index (χ3v) is 5.20. The summed E-state index contributed by atoms with van der Waals surface area (Å²) < 4.78 is 5.94. The Morgan fingerprint density at radius 3 is 2.30 bits per heavy atom. The maximum atomic E-state index is 10.9. The van der Waals surface area contributed by atoms with E-state index in [2.05, 4.69) is 29.8 Å². The Labute approximate surface area is 128 Å². The number of ether oxygens (including phenoxy) is 1. The number of rotatable bonds is 7. The molecule has 0 atom stereocenters. The highest BCUT2D eigenvalue weighted by atomic mass is 79.9. The molecule has 0 fully saturated rings. The number of nitro groups is 1. The third-order valence-electron chi connectivity index (χ3n) is 4.01. The minimum Gasteiger partial charge on any atom is -0.493 e. The lowest BCUT2D eigenvalue weighted by atomic mass is 9.86. The summed E-state index contributed by atoms with van der Waals surface area (Å²) in [6, 6.07) is 3.34. The fourth-order valence-electron chi connectivity index (χ4n) is 2.04. The van der Waals surface area contributed by atoms with E-state index in [1.807, 2.05) is 6.92 Å². The molecule has 0 saturated heterocycles. The van der Waals surface area contributed by atoms with Crippen LogP contribution in [0.15, 0.2) is 12.1 Å². The van der Waals surface area contributed by atoms with Crippen LogP contribution in [0.2, 0.25) is 0 Å². The van der Waals surface area contributed by atoms with Crippen molar-refractivity contribution in [3.05, 3.63) is 33.4 Å². The summed E-state index contributed by atoms with van der Waals surface area (Å²) in [5.41, 5.74) is 1.70. The quantitative estimate of drug-likeness (QED) is 0.406. The van der Waals surface area contributed by atoms with Gasteiger partial charge >= 0.3 is 0 Å². The van der Waals surface area contributed by atoms with Crippen molar-refractivity contribution in [3.63, 3.8) is 0 Å². The zero-order chi connectivity index (χ0) is 15.3. The summed E-state index contributed by atoms with van der Waals surface area (Å²) in [6.45, 7) is 8.50. The van der Waals surface area contributed by atoms with E-state index in [-0.39, 0.29) is 16.0 Å². The third kappa shape index (κ3) is 3.72. The minimum atomic E-state index is -0.354. The molecule has 0 amide bonds.